The number of hydrogen-bond acceptors (Lipinski definition) is 6. The molecule has 0 atom stereocenters. The number of rotatable bonds is 7. The topological polar surface area (TPSA) is 133 Å². The predicted octanol–water partition coefficient (Wildman–Crippen LogP) is 1.53. The van der Waals surface area contributed by atoms with Gasteiger partial charge in [0.05, 0.1) is 16.1 Å². The summed E-state index contributed by atoms with van der Waals surface area (Å²) in [4.78, 5) is 39.0. The van der Waals surface area contributed by atoms with E-state index in [1.54, 1.807) is 35.7 Å². The van der Waals surface area contributed by atoms with Gasteiger partial charge >= 0.3 is 5.69 Å². The van der Waals surface area contributed by atoms with Gasteiger partial charge in [-0.3, -0.25) is 14.2 Å². The van der Waals surface area contributed by atoms with Crippen molar-refractivity contribution < 1.29 is 13.2 Å². The number of aryl methyl sites for hydroxylation is 1. The van der Waals surface area contributed by atoms with Gasteiger partial charge in [-0.05, 0) is 54.1 Å². The molecule has 0 aliphatic heterocycles. The molecule has 0 fully saturated rings. The number of thiophene rings is 1. The van der Waals surface area contributed by atoms with Gasteiger partial charge in [0.15, 0.2) is 0 Å². The molecule has 34 heavy (non-hydrogen) atoms. The van der Waals surface area contributed by atoms with Gasteiger partial charge in [0.1, 0.15) is 11.2 Å². The largest absolute Gasteiger partial charge is 0.354 e. The Morgan fingerprint density at radius 3 is 2.44 bits per heavy atom. The minimum Gasteiger partial charge on any atom is -0.354 e. The molecule has 4 rings (SSSR count). The number of nitrogens with two attached hydrogens (primary N) is 1. The van der Waals surface area contributed by atoms with Crippen molar-refractivity contribution in [1.82, 2.24) is 14.5 Å². The Morgan fingerprint density at radius 2 is 1.76 bits per heavy atom. The van der Waals surface area contributed by atoms with E-state index in [0.717, 1.165) is 15.7 Å². The van der Waals surface area contributed by atoms with Crippen molar-refractivity contribution in [2.45, 2.75) is 24.8 Å². The number of para-hydroxylation sites is 1. The van der Waals surface area contributed by atoms with Crippen LogP contribution in [0.1, 0.15) is 11.1 Å². The summed E-state index contributed by atoms with van der Waals surface area (Å²) in [5, 5.41) is 9.58. The van der Waals surface area contributed by atoms with E-state index in [1.165, 1.54) is 28.0 Å². The Hall–Kier alpha value is -3.54. The fourth-order valence-corrected chi connectivity index (χ4v) is 5.00. The number of sulfonamides is 1. The van der Waals surface area contributed by atoms with Crippen molar-refractivity contribution in [3.63, 3.8) is 0 Å². The van der Waals surface area contributed by atoms with Crippen LogP contribution in [0.4, 0.5) is 0 Å². The van der Waals surface area contributed by atoms with E-state index in [2.05, 4.69) is 5.32 Å². The molecule has 0 saturated heterocycles. The van der Waals surface area contributed by atoms with Crippen molar-refractivity contribution in [1.29, 1.82) is 0 Å². The summed E-state index contributed by atoms with van der Waals surface area (Å²) in [6, 6.07) is 14.8. The molecule has 0 radical (unpaired) electrons. The lowest BCUT2D eigenvalue weighted by Gasteiger charge is -2.14. The molecule has 9 nitrogen and oxygen atoms in total. The third-order valence-electron chi connectivity index (χ3n) is 5.40. The zero-order valence-corrected chi connectivity index (χ0v) is 19.9. The number of carbonyl (C=O) groups is 1. The highest BCUT2D eigenvalue weighted by molar-refractivity contribution is 7.89. The highest BCUT2D eigenvalue weighted by atomic mass is 32.2. The van der Waals surface area contributed by atoms with Gasteiger partial charge in [-0.1, -0.05) is 30.3 Å². The van der Waals surface area contributed by atoms with Crippen molar-refractivity contribution in [3.8, 4) is 5.69 Å². The molecule has 176 valence electrons. The average Bonchev–Trinajstić information content (AvgIpc) is 3.28. The Morgan fingerprint density at radius 1 is 1.06 bits per heavy atom. The highest BCUT2D eigenvalue weighted by Crippen LogP contribution is 2.17. The average molecular weight is 499 g/mol. The lowest BCUT2D eigenvalue weighted by molar-refractivity contribution is -0.121. The van der Waals surface area contributed by atoms with Gasteiger partial charge in [-0.25, -0.2) is 22.9 Å². The van der Waals surface area contributed by atoms with E-state index >= 15 is 0 Å². The summed E-state index contributed by atoms with van der Waals surface area (Å²) >= 11 is 1.22. The van der Waals surface area contributed by atoms with E-state index < -0.39 is 21.3 Å². The fourth-order valence-electron chi connectivity index (χ4n) is 3.66. The molecule has 0 bridgehead atoms. The molecule has 0 saturated carbocycles. The van der Waals surface area contributed by atoms with E-state index in [-0.39, 0.29) is 23.9 Å². The highest BCUT2D eigenvalue weighted by Gasteiger charge is 2.18. The van der Waals surface area contributed by atoms with Gasteiger partial charge < -0.3 is 5.32 Å². The Kier molecular flexibility index (Phi) is 6.51. The van der Waals surface area contributed by atoms with E-state index in [4.69, 9.17) is 5.14 Å². The number of nitrogens with one attached hydrogen (secondary N) is 1. The number of aromatic nitrogens is 2. The van der Waals surface area contributed by atoms with Crippen molar-refractivity contribution in [2.75, 3.05) is 6.54 Å². The summed E-state index contributed by atoms with van der Waals surface area (Å²) < 4.78 is 25.5. The molecule has 3 N–H and O–H groups in total. The second-order valence-electron chi connectivity index (χ2n) is 7.72. The molecule has 2 heterocycles. The lowest BCUT2D eigenvalue weighted by atomic mass is 10.1. The first-order valence-electron chi connectivity index (χ1n) is 10.3. The number of fused-ring (bicyclic) bond motifs is 1. The van der Waals surface area contributed by atoms with Crippen LogP contribution in [0.3, 0.4) is 0 Å². The van der Waals surface area contributed by atoms with Crippen LogP contribution in [0, 0.1) is 6.92 Å². The molecular weight excluding hydrogens is 476 g/mol. The van der Waals surface area contributed by atoms with E-state index in [0.29, 0.717) is 22.3 Å². The molecule has 0 aliphatic carbocycles. The third kappa shape index (κ3) is 4.72. The molecule has 11 heteroatoms. The summed E-state index contributed by atoms with van der Waals surface area (Å²) in [5.74, 6) is -0.384. The summed E-state index contributed by atoms with van der Waals surface area (Å²) in [6.07, 6.45) is 0.460. The molecule has 1 amide bonds. The normalized spacial score (nSPS) is 11.6. The smallest absolute Gasteiger partial charge is 0.336 e. The Bertz CT molecular complexity index is 1600. The van der Waals surface area contributed by atoms with Crippen molar-refractivity contribution >= 4 is 37.5 Å². The number of benzene rings is 2. The predicted molar refractivity (Wildman–Crippen MR) is 131 cm³/mol. The first kappa shape index (κ1) is 23.6. The number of carbonyl (C=O) groups excluding carboxylic acids is 1. The minimum atomic E-state index is -3.76. The maximum atomic E-state index is 13.3. The molecule has 0 spiro atoms. The van der Waals surface area contributed by atoms with Gasteiger partial charge in [-0.15, -0.1) is 11.3 Å². The van der Waals surface area contributed by atoms with Crippen LogP contribution in [-0.4, -0.2) is 30.0 Å². The molecule has 2 aromatic carbocycles. The Labute approximate surface area is 199 Å². The number of amides is 1. The maximum absolute atomic E-state index is 13.3. The van der Waals surface area contributed by atoms with Crippen LogP contribution in [-0.2, 0) is 27.8 Å². The van der Waals surface area contributed by atoms with Gasteiger partial charge in [0.25, 0.3) is 5.56 Å². The first-order chi connectivity index (χ1) is 16.2. The Balaban J connectivity index is 1.55. The van der Waals surface area contributed by atoms with Crippen LogP contribution < -0.4 is 21.7 Å². The SMILES string of the molecule is Cc1ccccc1-n1c(=O)c2sccc2n(CC(=O)NCCc2ccc(S(N)(=O)=O)cc2)c1=O. The molecular formula is C23H22N4O5S2. The van der Waals surface area contributed by atoms with Crippen LogP contribution in [0.2, 0.25) is 0 Å². The molecule has 2 aromatic heterocycles. The maximum Gasteiger partial charge on any atom is 0.336 e. The minimum absolute atomic E-state index is 0.0169. The quantitative estimate of drug-likeness (QED) is 0.399. The number of primary sulfonamides is 1. The number of hydrogen-bond donors (Lipinski definition) is 2. The van der Waals surface area contributed by atoms with Gasteiger partial charge in [0.2, 0.25) is 15.9 Å². The summed E-state index contributed by atoms with van der Waals surface area (Å²) in [6.45, 7) is 1.85. The number of nitrogens with zero attached hydrogens (tertiary/aromatic N) is 2. The molecule has 0 aliphatic rings. The fraction of sp³-hybridized carbons (Fsp3) is 0.174. The standard InChI is InChI=1S/C23H22N4O5S2/c1-15-4-2-3-5-18(15)27-22(29)21-19(11-13-33-21)26(23(27)30)14-20(28)25-12-10-16-6-8-17(9-7-16)34(24,31)32/h2-9,11,13H,10,12,14H2,1H3,(H,25,28)(H2,24,31,32). The van der Waals surface area contributed by atoms with Crippen LogP contribution in [0.25, 0.3) is 15.9 Å². The summed E-state index contributed by atoms with van der Waals surface area (Å²) in [5.41, 5.74) is 1.48. The van der Waals surface area contributed by atoms with Gasteiger partial charge in [-0.2, -0.15) is 0 Å². The van der Waals surface area contributed by atoms with Crippen molar-refractivity contribution in [2.24, 2.45) is 5.14 Å². The monoisotopic (exact) mass is 498 g/mol. The third-order valence-corrected chi connectivity index (χ3v) is 7.22. The van der Waals surface area contributed by atoms with Crippen LogP contribution >= 0.6 is 11.3 Å². The zero-order chi connectivity index (χ0) is 24.5. The second kappa shape index (κ2) is 9.37. The van der Waals surface area contributed by atoms with Gasteiger partial charge in [0, 0.05) is 6.54 Å². The zero-order valence-electron chi connectivity index (χ0n) is 18.2. The summed E-state index contributed by atoms with van der Waals surface area (Å²) in [7, 11) is -3.76. The van der Waals surface area contributed by atoms with E-state index in [9.17, 15) is 22.8 Å². The van der Waals surface area contributed by atoms with Crippen LogP contribution in [0.5, 0.6) is 0 Å². The molecule has 4 aromatic rings. The van der Waals surface area contributed by atoms with E-state index in [1.807, 2.05) is 19.1 Å². The first-order valence-corrected chi connectivity index (χ1v) is 12.8. The van der Waals surface area contributed by atoms with Crippen molar-refractivity contribution in [3.05, 3.63) is 91.9 Å². The van der Waals surface area contributed by atoms with Crippen LogP contribution in [0.15, 0.2) is 74.5 Å². The molecule has 0 unspecified atom stereocenters. The second-order valence-corrected chi connectivity index (χ2v) is 10.2. The lowest BCUT2D eigenvalue weighted by Crippen LogP contribution is -2.41.